The van der Waals surface area contributed by atoms with Gasteiger partial charge in [0.2, 0.25) is 0 Å². The SMILES string of the molecule is CCN(CC)c1cc[n+](-c2cc3c(Nc4cccc(Br)c4)c(C#N)cnc3cn2)cc1.[F-]. The molecule has 0 saturated heterocycles. The van der Waals surface area contributed by atoms with Gasteiger partial charge in [-0.1, -0.05) is 22.0 Å². The highest BCUT2D eigenvalue weighted by Gasteiger charge is 2.16. The average Bonchev–Trinajstić information content (AvgIpc) is 2.80. The minimum Gasteiger partial charge on any atom is -1.00 e. The Bertz CT molecular complexity index is 1270. The van der Waals surface area contributed by atoms with Crippen molar-refractivity contribution in [3.63, 3.8) is 0 Å². The van der Waals surface area contributed by atoms with Gasteiger partial charge in [-0.3, -0.25) is 4.98 Å². The molecule has 3 heterocycles. The third-order valence-electron chi connectivity index (χ3n) is 5.16. The molecule has 0 amide bonds. The standard InChI is InChI=1S/C24H22BrN6.FH/c1-3-30(4-2)20-8-10-31(11-9-20)23-13-21-22(16-28-23)27-15-17(14-26)24(21)29-19-7-5-6-18(25)12-19;/h5-13,15-16H,3-4H2,1-2H3,(H,27,29);1H/q+1;/p-1. The molecule has 0 bridgehead atoms. The summed E-state index contributed by atoms with van der Waals surface area (Å²) in [4.78, 5) is 11.3. The van der Waals surface area contributed by atoms with E-state index in [1.807, 2.05) is 47.3 Å². The largest absolute Gasteiger partial charge is 1.00 e. The minimum atomic E-state index is 0. The molecule has 1 aromatic carbocycles. The molecule has 6 nitrogen and oxygen atoms in total. The first kappa shape index (κ1) is 23.1. The van der Waals surface area contributed by atoms with Crippen LogP contribution in [0.2, 0.25) is 0 Å². The summed E-state index contributed by atoms with van der Waals surface area (Å²) in [6.45, 7) is 6.22. The molecule has 1 N–H and O–H groups in total. The maximum Gasteiger partial charge on any atom is 0.328 e. The number of hydrogen-bond acceptors (Lipinski definition) is 5. The Morgan fingerprint density at radius 3 is 2.47 bits per heavy atom. The van der Waals surface area contributed by atoms with Crippen molar-refractivity contribution in [3.05, 3.63) is 77.3 Å². The number of nitriles is 1. The molecule has 0 spiro atoms. The number of rotatable bonds is 6. The Labute approximate surface area is 194 Å². The highest BCUT2D eigenvalue weighted by molar-refractivity contribution is 9.10. The smallest absolute Gasteiger partial charge is 0.328 e. The summed E-state index contributed by atoms with van der Waals surface area (Å²) < 4.78 is 2.93. The van der Waals surface area contributed by atoms with Crippen LogP contribution < -0.4 is 19.5 Å². The van der Waals surface area contributed by atoms with E-state index in [1.54, 1.807) is 12.4 Å². The monoisotopic (exact) mass is 492 g/mol. The van der Waals surface area contributed by atoms with Crippen molar-refractivity contribution in [1.29, 1.82) is 5.26 Å². The van der Waals surface area contributed by atoms with Gasteiger partial charge in [-0.05, 0) is 37.0 Å². The van der Waals surface area contributed by atoms with Crippen molar-refractivity contribution >= 4 is 43.9 Å². The third-order valence-corrected chi connectivity index (χ3v) is 5.65. The second-order valence-electron chi connectivity index (χ2n) is 6.99. The molecular weight excluding hydrogens is 471 g/mol. The Morgan fingerprint density at radius 1 is 1.06 bits per heavy atom. The summed E-state index contributed by atoms with van der Waals surface area (Å²) >= 11 is 3.50. The van der Waals surface area contributed by atoms with Gasteiger partial charge in [0.1, 0.15) is 11.6 Å². The van der Waals surface area contributed by atoms with Crippen LogP contribution in [0.25, 0.3) is 16.7 Å². The molecule has 0 saturated carbocycles. The predicted octanol–water partition coefficient (Wildman–Crippen LogP) is 2.13. The van der Waals surface area contributed by atoms with E-state index in [9.17, 15) is 5.26 Å². The fourth-order valence-electron chi connectivity index (χ4n) is 3.53. The summed E-state index contributed by atoms with van der Waals surface area (Å²) in [5.74, 6) is 0.757. The minimum absolute atomic E-state index is 0. The molecule has 4 aromatic rings. The molecule has 4 rings (SSSR count). The number of pyridine rings is 3. The quantitative estimate of drug-likeness (QED) is 0.417. The van der Waals surface area contributed by atoms with E-state index in [-0.39, 0.29) is 4.70 Å². The van der Waals surface area contributed by atoms with Crippen LogP contribution in [0.3, 0.4) is 0 Å². The fourth-order valence-corrected chi connectivity index (χ4v) is 3.93. The molecule has 0 aliphatic carbocycles. The van der Waals surface area contributed by atoms with Crippen molar-refractivity contribution < 1.29 is 9.27 Å². The molecule has 8 heteroatoms. The lowest BCUT2D eigenvalue weighted by atomic mass is 10.1. The van der Waals surface area contributed by atoms with E-state index in [1.165, 1.54) is 5.69 Å². The average molecular weight is 493 g/mol. The zero-order valence-electron chi connectivity index (χ0n) is 17.8. The number of anilines is 3. The number of hydrogen-bond donors (Lipinski definition) is 1. The van der Waals surface area contributed by atoms with E-state index in [4.69, 9.17) is 0 Å². The van der Waals surface area contributed by atoms with Crippen LogP contribution >= 0.6 is 15.9 Å². The van der Waals surface area contributed by atoms with Gasteiger partial charge in [-0.2, -0.15) is 5.26 Å². The highest BCUT2D eigenvalue weighted by Crippen LogP contribution is 2.30. The normalized spacial score (nSPS) is 10.3. The Hall–Kier alpha value is -3.57. The van der Waals surface area contributed by atoms with E-state index in [2.05, 4.69) is 68.2 Å². The number of halogens is 2. The zero-order chi connectivity index (χ0) is 21.8. The summed E-state index contributed by atoms with van der Waals surface area (Å²) in [6, 6.07) is 16.2. The first-order valence-corrected chi connectivity index (χ1v) is 10.9. The van der Waals surface area contributed by atoms with Gasteiger partial charge in [-0.15, -0.1) is 0 Å². The van der Waals surface area contributed by atoms with Crippen LogP contribution in [0.5, 0.6) is 0 Å². The number of fused-ring (bicyclic) bond motifs is 1. The van der Waals surface area contributed by atoms with Crippen LogP contribution in [0.15, 0.2) is 71.7 Å². The van der Waals surface area contributed by atoms with E-state index in [0.717, 1.165) is 45.7 Å². The van der Waals surface area contributed by atoms with Gasteiger partial charge >= 0.3 is 5.82 Å². The Balaban J connectivity index is 0.00000289. The van der Waals surface area contributed by atoms with E-state index in [0.29, 0.717) is 5.56 Å². The van der Waals surface area contributed by atoms with Crippen LogP contribution in [-0.2, 0) is 0 Å². The molecule has 162 valence electrons. The van der Waals surface area contributed by atoms with Gasteiger partial charge in [0.25, 0.3) is 0 Å². The van der Waals surface area contributed by atoms with Crippen molar-refractivity contribution in [1.82, 2.24) is 9.97 Å². The summed E-state index contributed by atoms with van der Waals surface area (Å²) in [7, 11) is 0. The molecule has 0 aliphatic heterocycles. The second-order valence-corrected chi connectivity index (χ2v) is 7.91. The highest BCUT2D eigenvalue weighted by atomic mass is 79.9. The third kappa shape index (κ3) is 4.68. The zero-order valence-corrected chi connectivity index (χ0v) is 19.3. The van der Waals surface area contributed by atoms with Crippen LogP contribution in [0.4, 0.5) is 17.1 Å². The first-order chi connectivity index (χ1) is 15.1. The summed E-state index contributed by atoms with van der Waals surface area (Å²) in [5.41, 5.74) is 3.97. The van der Waals surface area contributed by atoms with Crippen molar-refractivity contribution in [2.75, 3.05) is 23.3 Å². The molecule has 3 aromatic heterocycles. The van der Waals surface area contributed by atoms with Crippen molar-refractivity contribution in [3.8, 4) is 11.9 Å². The van der Waals surface area contributed by atoms with Gasteiger partial charge in [-0.25, -0.2) is 4.57 Å². The topological polar surface area (TPSA) is 68.7 Å². The molecule has 0 radical (unpaired) electrons. The van der Waals surface area contributed by atoms with Crippen molar-refractivity contribution in [2.45, 2.75) is 13.8 Å². The summed E-state index contributed by atoms with van der Waals surface area (Å²) in [5, 5.41) is 13.9. The number of nitrogens with one attached hydrogen (secondary N) is 1. The number of aromatic nitrogens is 3. The lowest BCUT2D eigenvalue weighted by Gasteiger charge is -2.20. The molecule has 0 atom stereocenters. The summed E-state index contributed by atoms with van der Waals surface area (Å²) in [6.07, 6.45) is 7.33. The predicted molar refractivity (Wildman–Crippen MR) is 127 cm³/mol. The molecule has 0 fully saturated rings. The molecule has 0 unspecified atom stereocenters. The van der Waals surface area contributed by atoms with Crippen LogP contribution in [0, 0.1) is 11.3 Å². The van der Waals surface area contributed by atoms with E-state index >= 15 is 0 Å². The van der Waals surface area contributed by atoms with Gasteiger partial charge < -0.3 is 14.9 Å². The van der Waals surface area contributed by atoms with Crippen molar-refractivity contribution in [2.24, 2.45) is 0 Å². The maximum atomic E-state index is 9.66. The molecular formula is C24H22BrFN6. The number of benzene rings is 1. The second kappa shape index (κ2) is 10.2. The van der Waals surface area contributed by atoms with E-state index < -0.39 is 0 Å². The lowest BCUT2D eigenvalue weighted by molar-refractivity contribution is -0.599. The number of nitrogens with zero attached hydrogens (tertiary/aromatic N) is 5. The van der Waals surface area contributed by atoms with Crippen LogP contribution in [-0.4, -0.2) is 23.1 Å². The van der Waals surface area contributed by atoms with Gasteiger partial charge in [0.05, 0.1) is 23.6 Å². The fraction of sp³-hybridized carbons (Fsp3) is 0.167. The first-order valence-electron chi connectivity index (χ1n) is 10.1. The Morgan fingerprint density at radius 2 is 1.81 bits per heavy atom. The van der Waals surface area contributed by atoms with Crippen LogP contribution in [0.1, 0.15) is 19.4 Å². The maximum absolute atomic E-state index is 9.66. The van der Waals surface area contributed by atoms with Gasteiger partial charge in [0, 0.05) is 58.7 Å². The Kier molecular flexibility index (Phi) is 7.33. The molecule has 32 heavy (non-hydrogen) atoms. The van der Waals surface area contributed by atoms with Gasteiger partial charge in [0.15, 0.2) is 6.20 Å². The molecule has 0 aliphatic rings. The lowest BCUT2D eigenvalue weighted by Crippen LogP contribution is -3.00.